The van der Waals surface area contributed by atoms with E-state index in [4.69, 9.17) is 9.84 Å². The van der Waals surface area contributed by atoms with Gasteiger partial charge in [0.15, 0.2) is 11.9 Å². The second-order valence-electron chi connectivity index (χ2n) is 9.40. The number of carbonyl (C=O) groups excluding carboxylic acids is 1. The van der Waals surface area contributed by atoms with E-state index in [1.807, 2.05) is 16.4 Å². The van der Waals surface area contributed by atoms with E-state index in [0.29, 0.717) is 36.5 Å². The number of fused-ring (bicyclic) bond motifs is 1. The van der Waals surface area contributed by atoms with Crippen LogP contribution in [0, 0.1) is 5.92 Å². The first-order valence-corrected chi connectivity index (χ1v) is 11.5. The van der Waals surface area contributed by atoms with Crippen LogP contribution in [-0.4, -0.2) is 70.1 Å². The minimum absolute atomic E-state index is 0.0910. The summed E-state index contributed by atoms with van der Waals surface area (Å²) in [6.07, 6.45) is 1.53. The molecule has 0 radical (unpaired) electrons. The molecule has 4 rings (SSSR count). The molecule has 1 aromatic carbocycles. The van der Waals surface area contributed by atoms with Crippen molar-refractivity contribution in [3.63, 3.8) is 0 Å². The number of aromatic nitrogens is 1. The molecule has 4 N–H and O–H groups in total. The number of aliphatic hydroxyl groups excluding tert-OH is 1. The summed E-state index contributed by atoms with van der Waals surface area (Å²) >= 11 is 0. The van der Waals surface area contributed by atoms with Crippen LogP contribution in [-0.2, 0) is 9.59 Å². The Balaban J connectivity index is 1.70. The van der Waals surface area contributed by atoms with Crippen LogP contribution < -0.4 is 20.4 Å². The molecule has 1 unspecified atom stereocenters. The Hall–Kier alpha value is -3.60. The quantitative estimate of drug-likeness (QED) is 0.429. The topological polar surface area (TPSA) is 158 Å². The molecule has 1 saturated carbocycles. The Kier molecular flexibility index (Phi) is 6.70. The average Bonchev–Trinajstić information content (AvgIpc) is 3.63. The molecule has 1 amide bonds. The summed E-state index contributed by atoms with van der Waals surface area (Å²) in [5.41, 5.74) is 0.416. The van der Waals surface area contributed by atoms with E-state index in [2.05, 4.69) is 5.32 Å². The molecule has 2 aromatic rings. The first kappa shape index (κ1) is 24.5. The summed E-state index contributed by atoms with van der Waals surface area (Å²) in [6.45, 7) is 3.11. The third-order valence-electron chi connectivity index (χ3n) is 6.53. The fourth-order valence-electron chi connectivity index (χ4n) is 4.85. The van der Waals surface area contributed by atoms with Crippen LogP contribution >= 0.6 is 0 Å². The molecule has 2 heterocycles. The first-order valence-electron chi connectivity index (χ1n) is 11.5. The molecule has 11 heteroatoms. The molecule has 1 aliphatic carbocycles. The fourth-order valence-corrected chi connectivity index (χ4v) is 4.85. The van der Waals surface area contributed by atoms with Gasteiger partial charge < -0.3 is 34.8 Å². The van der Waals surface area contributed by atoms with Gasteiger partial charge in [0, 0.05) is 31.4 Å². The summed E-state index contributed by atoms with van der Waals surface area (Å²) in [4.78, 5) is 49.7. The second kappa shape index (κ2) is 9.57. The van der Waals surface area contributed by atoms with E-state index in [0.717, 1.165) is 12.8 Å². The Morgan fingerprint density at radius 3 is 2.51 bits per heavy atom. The number of carbonyl (C=O) groups is 3. The number of nitrogens with one attached hydrogen (secondary N) is 1. The van der Waals surface area contributed by atoms with Gasteiger partial charge in [-0.2, -0.15) is 0 Å². The number of pyridine rings is 1. The van der Waals surface area contributed by atoms with Crippen LogP contribution in [0.25, 0.3) is 10.9 Å². The van der Waals surface area contributed by atoms with Crippen LogP contribution in [0.3, 0.4) is 0 Å². The SMILES string of the molecule is COc1c(N2C[C@@H](C)C[C@H](NC(=O)CC(O)C(=O)O)C2)ccc2c(=O)c(C(=O)O)cn(C3CC3)c12. The molecule has 11 nitrogen and oxygen atoms in total. The Labute approximate surface area is 200 Å². The van der Waals surface area contributed by atoms with Crippen LogP contribution in [0.4, 0.5) is 5.69 Å². The number of carboxylic acids is 2. The zero-order chi connectivity index (χ0) is 25.4. The van der Waals surface area contributed by atoms with Gasteiger partial charge in [-0.1, -0.05) is 6.92 Å². The predicted octanol–water partition coefficient (Wildman–Crippen LogP) is 1.21. The van der Waals surface area contributed by atoms with Crippen molar-refractivity contribution < 1.29 is 34.4 Å². The van der Waals surface area contributed by atoms with E-state index in [1.54, 1.807) is 12.1 Å². The molecule has 1 saturated heterocycles. The molecule has 0 spiro atoms. The number of aliphatic hydroxyl groups is 1. The van der Waals surface area contributed by atoms with Gasteiger partial charge in [0.2, 0.25) is 11.3 Å². The molecule has 1 aliphatic heterocycles. The summed E-state index contributed by atoms with van der Waals surface area (Å²) in [6, 6.07) is 3.16. The average molecular weight is 488 g/mol. The number of nitrogens with zero attached hydrogens (tertiary/aromatic N) is 2. The molecule has 188 valence electrons. The van der Waals surface area contributed by atoms with E-state index in [9.17, 15) is 29.4 Å². The lowest BCUT2D eigenvalue weighted by Crippen LogP contribution is -2.51. The maximum Gasteiger partial charge on any atom is 0.341 e. The number of hydrogen-bond acceptors (Lipinski definition) is 7. The van der Waals surface area contributed by atoms with E-state index in [-0.39, 0.29) is 29.0 Å². The number of aromatic carboxylic acids is 1. The lowest BCUT2D eigenvalue weighted by atomic mass is 9.94. The summed E-state index contributed by atoms with van der Waals surface area (Å²) in [5, 5.41) is 30.9. The Bertz CT molecular complexity index is 1240. The van der Waals surface area contributed by atoms with Crippen LogP contribution in [0.1, 0.15) is 49.0 Å². The third kappa shape index (κ3) is 4.95. The van der Waals surface area contributed by atoms with Gasteiger partial charge in [-0.15, -0.1) is 0 Å². The third-order valence-corrected chi connectivity index (χ3v) is 6.53. The van der Waals surface area contributed by atoms with Crippen molar-refractivity contribution in [3.8, 4) is 5.75 Å². The molecule has 0 bridgehead atoms. The first-order chi connectivity index (χ1) is 16.6. The molecule has 35 heavy (non-hydrogen) atoms. The van der Waals surface area contributed by atoms with Crippen molar-refractivity contribution in [2.24, 2.45) is 5.92 Å². The summed E-state index contributed by atoms with van der Waals surface area (Å²) in [7, 11) is 1.50. The maximum absolute atomic E-state index is 12.9. The zero-order valence-electron chi connectivity index (χ0n) is 19.6. The number of hydrogen-bond donors (Lipinski definition) is 4. The van der Waals surface area contributed by atoms with Gasteiger partial charge in [-0.25, -0.2) is 9.59 Å². The number of piperidine rings is 1. The van der Waals surface area contributed by atoms with E-state index >= 15 is 0 Å². The highest BCUT2D eigenvalue weighted by atomic mass is 16.5. The van der Waals surface area contributed by atoms with Crippen molar-refractivity contribution in [1.29, 1.82) is 0 Å². The van der Waals surface area contributed by atoms with Gasteiger partial charge in [-0.3, -0.25) is 9.59 Å². The number of methoxy groups -OCH3 is 1. The number of amides is 1. The number of rotatable bonds is 8. The van der Waals surface area contributed by atoms with Crippen LogP contribution in [0.15, 0.2) is 23.1 Å². The van der Waals surface area contributed by atoms with Crippen molar-refractivity contribution in [1.82, 2.24) is 9.88 Å². The number of ether oxygens (including phenoxy) is 1. The standard InChI is InChI=1S/C24H29N3O8/c1-12-7-13(25-19(29)8-18(28)24(33)34)10-26(9-12)17-6-5-15-20(22(17)35-2)27(14-3-4-14)11-16(21(15)30)23(31)32/h5-6,11-14,18,28H,3-4,7-10H2,1-2H3,(H,25,29)(H,31,32)(H,33,34)/t12-,13-,18?/m0/s1. The molecule has 1 aromatic heterocycles. The Morgan fingerprint density at radius 2 is 1.91 bits per heavy atom. The second-order valence-corrected chi connectivity index (χ2v) is 9.40. The maximum atomic E-state index is 12.9. The van der Waals surface area contributed by atoms with Crippen LogP contribution in [0.2, 0.25) is 0 Å². The predicted molar refractivity (Wildman–Crippen MR) is 126 cm³/mol. The fraction of sp³-hybridized carbons (Fsp3) is 0.500. The molecule has 3 atom stereocenters. The summed E-state index contributed by atoms with van der Waals surface area (Å²) < 4.78 is 7.60. The zero-order valence-corrected chi connectivity index (χ0v) is 19.6. The highest BCUT2D eigenvalue weighted by Crippen LogP contribution is 2.43. The number of anilines is 1. The van der Waals surface area contributed by atoms with Crippen molar-refractivity contribution in [2.45, 2.75) is 50.8 Å². The van der Waals surface area contributed by atoms with Crippen molar-refractivity contribution in [3.05, 3.63) is 34.1 Å². The lowest BCUT2D eigenvalue weighted by molar-refractivity contribution is -0.149. The summed E-state index contributed by atoms with van der Waals surface area (Å²) in [5.74, 6) is -2.63. The van der Waals surface area contributed by atoms with Crippen LogP contribution in [0.5, 0.6) is 5.75 Å². The van der Waals surface area contributed by atoms with Gasteiger partial charge in [0.05, 0.1) is 30.1 Å². The Morgan fingerprint density at radius 1 is 1.20 bits per heavy atom. The number of benzene rings is 1. The van der Waals surface area contributed by atoms with Gasteiger partial charge >= 0.3 is 11.9 Å². The van der Waals surface area contributed by atoms with Gasteiger partial charge in [0.1, 0.15) is 5.56 Å². The number of aliphatic carboxylic acids is 1. The molecular weight excluding hydrogens is 458 g/mol. The number of carboxylic acid groups (broad SMARTS) is 2. The largest absolute Gasteiger partial charge is 0.492 e. The van der Waals surface area contributed by atoms with Crippen molar-refractivity contribution >= 4 is 34.4 Å². The van der Waals surface area contributed by atoms with E-state index < -0.39 is 35.8 Å². The van der Waals surface area contributed by atoms with Gasteiger partial charge in [-0.05, 0) is 37.3 Å². The normalized spacial score (nSPS) is 20.9. The lowest BCUT2D eigenvalue weighted by Gasteiger charge is -2.39. The smallest absolute Gasteiger partial charge is 0.341 e. The van der Waals surface area contributed by atoms with E-state index in [1.165, 1.54) is 13.3 Å². The van der Waals surface area contributed by atoms with Gasteiger partial charge in [0.25, 0.3) is 0 Å². The molecule has 2 aliphatic rings. The minimum Gasteiger partial charge on any atom is -0.492 e. The minimum atomic E-state index is -1.76. The van der Waals surface area contributed by atoms with Crippen molar-refractivity contribution in [2.75, 3.05) is 25.1 Å². The monoisotopic (exact) mass is 487 g/mol. The molecule has 2 fully saturated rings. The highest BCUT2D eigenvalue weighted by Gasteiger charge is 2.32. The highest BCUT2D eigenvalue weighted by molar-refractivity contribution is 5.97. The molecular formula is C24H29N3O8.